The van der Waals surface area contributed by atoms with Gasteiger partial charge in [-0.25, -0.2) is 0 Å². The van der Waals surface area contributed by atoms with Crippen molar-refractivity contribution >= 4 is 0 Å². The van der Waals surface area contributed by atoms with Crippen LogP contribution < -0.4 is 5.32 Å². The van der Waals surface area contributed by atoms with Gasteiger partial charge in [0.2, 0.25) is 0 Å². The molecule has 0 spiro atoms. The smallest absolute Gasteiger partial charge is 0.0698 e. The molecule has 0 aromatic rings. The Labute approximate surface area is 93.0 Å². The maximum atomic E-state index is 8.45. The largest absolute Gasteiger partial charge is 0.394 e. The first kappa shape index (κ1) is 14.8. The van der Waals surface area contributed by atoms with E-state index in [4.69, 9.17) is 14.6 Å². The Bertz CT molecular complexity index is 120. The van der Waals surface area contributed by atoms with E-state index in [0.29, 0.717) is 19.3 Å². The van der Waals surface area contributed by atoms with E-state index in [9.17, 15) is 0 Å². The molecule has 0 amide bonds. The van der Waals surface area contributed by atoms with Crippen molar-refractivity contribution < 1.29 is 14.6 Å². The van der Waals surface area contributed by atoms with E-state index in [0.717, 1.165) is 32.5 Å². The average Bonchev–Trinajstić information content (AvgIpc) is 2.20. The van der Waals surface area contributed by atoms with Gasteiger partial charge in [0, 0.05) is 13.2 Å². The normalized spacial score (nSPS) is 11.2. The molecule has 0 aliphatic heterocycles. The average molecular weight is 219 g/mol. The molecule has 0 aliphatic rings. The van der Waals surface area contributed by atoms with Crippen LogP contribution in [0.5, 0.6) is 0 Å². The molecule has 4 heteroatoms. The van der Waals surface area contributed by atoms with E-state index in [1.165, 1.54) is 0 Å². The van der Waals surface area contributed by atoms with Gasteiger partial charge in [-0.15, -0.1) is 0 Å². The van der Waals surface area contributed by atoms with Crippen molar-refractivity contribution in [3.8, 4) is 0 Å². The summed E-state index contributed by atoms with van der Waals surface area (Å²) in [5, 5.41) is 11.7. The molecule has 0 aliphatic carbocycles. The molecule has 0 unspecified atom stereocenters. The molecule has 0 rings (SSSR count). The maximum absolute atomic E-state index is 8.45. The summed E-state index contributed by atoms with van der Waals surface area (Å²) in [4.78, 5) is 0. The SMILES string of the molecule is CC(C)OCCCCNCCOCCO. The first-order valence-electron chi connectivity index (χ1n) is 5.78. The lowest BCUT2D eigenvalue weighted by Crippen LogP contribution is -2.21. The van der Waals surface area contributed by atoms with E-state index >= 15 is 0 Å². The molecule has 92 valence electrons. The van der Waals surface area contributed by atoms with E-state index in [2.05, 4.69) is 19.2 Å². The number of aliphatic hydroxyl groups is 1. The third-order valence-corrected chi connectivity index (χ3v) is 1.86. The van der Waals surface area contributed by atoms with Crippen LogP contribution in [-0.2, 0) is 9.47 Å². The van der Waals surface area contributed by atoms with Crippen LogP contribution in [0, 0.1) is 0 Å². The molecular weight excluding hydrogens is 194 g/mol. The van der Waals surface area contributed by atoms with Gasteiger partial charge in [-0.05, 0) is 33.2 Å². The van der Waals surface area contributed by atoms with Crippen LogP contribution in [0.25, 0.3) is 0 Å². The zero-order chi connectivity index (χ0) is 11.4. The molecule has 0 atom stereocenters. The summed E-state index contributed by atoms with van der Waals surface area (Å²) in [5.41, 5.74) is 0. The molecule has 4 nitrogen and oxygen atoms in total. The van der Waals surface area contributed by atoms with Crippen molar-refractivity contribution in [2.45, 2.75) is 32.8 Å². The van der Waals surface area contributed by atoms with Crippen LogP contribution in [0.15, 0.2) is 0 Å². The number of aliphatic hydroxyl groups excluding tert-OH is 1. The topological polar surface area (TPSA) is 50.7 Å². The molecule has 15 heavy (non-hydrogen) atoms. The quantitative estimate of drug-likeness (QED) is 0.504. The molecular formula is C11H25NO3. The Hall–Kier alpha value is -0.160. The van der Waals surface area contributed by atoms with Gasteiger partial charge in [0.1, 0.15) is 0 Å². The molecule has 0 aromatic carbocycles. The fourth-order valence-corrected chi connectivity index (χ4v) is 1.11. The Morgan fingerprint density at radius 1 is 1.07 bits per heavy atom. The Kier molecular flexibility index (Phi) is 11.8. The standard InChI is InChI=1S/C11H25NO3/c1-11(2)15-8-4-3-5-12-6-9-14-10-7-13/h11-13H,3-10H2,1-2H3. The molecule has 2 N–H and O–H groups in total. The monoisotopic (exact) mass is 219 g/mol. The van der Waals surface area contributed by atoms with Crippen LogP contribution in [-0.4, -0.2) is 50.7 Å². The van der Waals surface area contributed by atoms with Crippen molar-refractivity contribution in [3.05, 3.63) is 0 Å². The summed E-state index contributed by atoms with van der Waals surface area (Å²) >= 11 is 0. The van der Waals surface area contributed by atoms with Crippen molar-refractivity contribution in [2.24, 2.45) is 0 Å². The number of rotatable bonds is 11. The lowest BCUT2D eigenvalue weighted by molar-refractivity contribution is 0.0755. The second-order valence-electron chi connectivity index (χ2n) is 3.71. The molecule has 0 saturated heterocycles. The second-order valence-corrected chi connectivity index (χ2v) is 3.71. The fourth-order valence-electron chi connectivity index (χ4n) is 1.11. The van der Waals surface area contributed by atoms with E-state index in [1.807, 2.05) is 0 Å². The number of nitrogens with one attached hydrogen (secondary N) is 1. The summed E-state index contributed by atoms with van der Waals surface area (Å²) in [6, 6.07) is 0. The van der Waals surface area contributed by atoms with Crippen LogP contribution in [0.4, 0.5) is 0 Å². The Balaban J connectivity index is 2.87. The maximum Gasteiger partial charge on any atom is 0.0698 e. The minimum Gasteiger partial charge on any atom is -0.394 e. The number of hydrogen-bond donors (Lipinski definition) is 2. The van der Waals surface area contributed by atoms with Gasteiger partial charge in [0.25, 0.3) is 0 Å². The lowest BCUT2D eigenvalue weighted by atomic mass is 10.3. The highest BCUT2D eigenvalue weighted by Crippen LogP contribution is 1.93. The predicted molar refractivity (Wildman–Crippen MR) is 61.1 cm³/mol. The van der Waals surface area contributed by atoms with Crippen molar-refractivity contribution in [3.63, 3.8) is 0 Å². The summed E-state index contributed by atoms with van der Waals surface area (Å²) in [6.07, 6.45) is 2.57. The zero-order valence-electron chi connectivity index (χ0n) is 10.00. The molecule has 0 aromatic heterocycles. The second kappa shape index (κ2) is 11.9. The van der Waals surface area contributed by atoms with Gasteiger partial charge in [0.15, 0.2) is 0 Å². The van der Waals surface area contributed by atoms with Crippen molar-refractivity contribution in [1.82, 2.24) is 5.32 Å². The van der Waals surface area contributed by atoms with E-state index in [-0.39, 0.29) is 6.61 Å². The van der Waals surface area contributed by atoms with E-state index in [1.54, 1.807) is 0 Å². The minimum absolute atomic E-state index is 0.104. The number of ether oxygens (including phenoxy) is 2. The summed E-state index contributed by atoms with van der Waals surface area (Å²) < 4.78 is 10.5. The van der Waals surface area contributed by atoms with Gasteiger partial charge in [0.05, 0.1) is 25.9 Å². The Morgan fingerprint density at radius 3 is 2.53 bits per heavy atom. The van der Waals surface area contributed by atoms with Gasteiger partial charge in [-0.3, -0.25) is 0 Å². The first-order valence-corrected chi connectivity index (χ1v) is 5.78. The lowest BCUT2D eigenvalue weighted by Gasteiger charge is -2.07. The summed E-state index contributed by atoms with van der Waals surface area (Å²) in [5.74, 6) is 0. The van der Waals surface area contributed by atoms with Gasteiger partial charge in [-0.2, -0.15) is 0 Å². The van der Waals surface area contributed by atoms with Crippen LogP contribution >= 0.6 is 0 Å². The van der Waals surface area contributed by atoms with Crippen molar-refractivity contribution in [2.75, 3.05) is 39.5 Å². The minimum atomic E-state index is 0.104. The number of hydrogen-bond acceptors (Lipinski definition) is 4. The molecule has 0 bridgehead atoms. The van der Waals surface area contributed by atoms with Crippen LogP contribution in [0.2, 0.25) is 0 Å². The molecule has 0 fully saturated rings. The van der Waals surface area contributed by atoms with Gasteiger partial charge >= 0.3 is 0 Å². The van der Waals surface area contributed by atoms with Gasteiger partial charge in [-0.1, -0.05) is 0 Å². The highest BCUT2D eigenvalue weighted by molar-refractivity contribution is 4.48. The first-order chi connectivity index (χ1) is 7.27. The highest BCUT2D eigenvalue weighted by atomic mass is 16.5. The van der Waals surface area contributed by atoms with Crippen molar-refractivity contribution in [1.29, 1.82) is 0 Å². The fraction of sp³-hybridized carbons (Fsp3) is 1.00. The Morgan fingerprint density at radius 2 is 1.87 bits per heavy atom. The third-order valence-electron chi connectivity index (χ3n) is 1.86. The van der Waals surface area contributed by atoms with Crippen LogP contribution in [0.3, 0.4) is 0 Å². The highest BCUT2D eigenvalue weighted by Gasteiger charge is 1.93. The number of unbranched alkanes of at least 4 members (excludes halogenated alkanes) is 1. The predicted octanol–water partition coefficient (Wildman–Crippen LogP) is 0.790. The van der Waals surface area contributed by atoms with E-state index < -0.39 is 0 Å². The van der Waals surface area contributed by atoms with Crippen LogP contribution in [0.1, 0.15) is 26.7 Å². The third kappa shape index (κ3) is 13.8. The summed E-state index contributed by atoms with van der Waals surface area (Å²) in [7, 11) is 0. The molecule has 0 radical (unpaired) electrons. The summed E-state index contributed by atoms with van der Waals surface area (Å²) in [6.45, 7) is 8.02. The van der Waals surface area contributed by atoms with Gasteiger partial charge < -0.3 is 19.9 Å². The molecule has 0 saturated carbocycles. The zero-order valence-corrected chi connectivity index (χ0v) is 10.00. The molecule has 0 heterocycles.